The summed E-state index contributed by atoms with van der Waals surface area (Å²) in [6.45, 7) is 1.98. The summed E-state index contributed by atoms with van der Waals surface area (Å²) in [4.78, 5) is 0. The number of rotatable bonds is 4. The van der Waals surface area contributed by atoms with Crippen molar-refractivity contribution in [3.63, 3.8) is 0 Å². The topological polar surface area (TPSA) is 75.5 Å². The van der Waals surface area contributed by atoms with Crippen molar-refractivity contribution < 1.29 is 0 Å². The zero-order chi connectivity index (χ0) is 17.6. The number of nitrogens with zero attached hydrogens (tertiary/aromatic N) is 4. The first-order chi connectivity index (χ1) is 12.1. The van der Waals surface area contributed by atoms with Gasteiger partial charge in [-0.25, -0.2) is 0 Å². The molecule has 25 heavy (non-hydrogen) atoms. The minimum Gasteiger partial charge on any atom is -0.324 e. The lowest BCUT2D eigenvalue weighted by Gasteiger charge is -2.07. The molecule has 0 heterocycles. The van der Waals surface area contributed by atoms with E-state index in [4.69, 9.17) is 17.3 Å². The van der Waals surface area contributed by atoms with Crippen LogP contribution in [0.25, 0.3) is 0 Å². The number of hydrogen-bond donors (Lipinski definition) is 1. The van der Waals surface area contributed by atoms with Crippen LogP contribution in [0.1, 0.15) is 12.0 Å². The predicted molar refractivity (Wildman–Crippen MR) is 101 cm³/mol. The Morgan fingerprint density at radius 1 is 0.960 bits per heavy atom. The van der Waals surface area contributed by atoms with Gasteiger partial charge in [0.05, 0.1) is 22.1 Å². The quantitative estimate of drug-likeness (QED) is 0.643. The summed E-state index contributed by atoms with van der Waals surface area (Å²) >= 11 is 6.15. The molecule has 0 spiro atoms. The van der Waals surface area contributed by atoms with Crippen molar-refractivity contribution in [3.8, 4) is 0 Å². The average molecular weight is 352 g/mol. The molecule has 2 aromatic rings. The zero-order valence-corrected chi connectivity index (χ0v) is 14.6. The van der Waals surface area contributed by atoms with Crippen LogP contribution in [0.2, 0.25) is 5.02 Å². The molecule has 1 unspecified atom stereocenters. The molecule has 0 amide bonds. The van der Waals surface area contributed by atoms with Crippen LogP contribution in [0.15, 0.2) is 86.8 Å². The molecular weight excluding hydrogens is 334 g/mol. The van der Waals surface area contributed by atoms with Gasteiger partial charge in [0.25, 0.3) is 0 Å². The third-order valence-corrected chi connectivity index (χ3v) is 3.92. The fourth-order valence-electron chi connectivity index (χ4n) is 2.21. The maximum atomic E-state index is 6.15. The predicted octanol–water partition coefficient (Wildman–Crippen LogP) is 6.32. The molecule has 1 aliphatic rings. The molecule has 126 valence electrons. The van der Waals surface area contributed by atoms with Gasteiger partial charge in [-0.15, -0.1) is 5.11 Å². The second kappa shape index (κ2) is 7.96. The molecule has 0 saturated heterocycles. The van der Waals surface area contributed by atoms with Gasteiger partial charge in [-0.3, -0.25) is 0 Å². The maximum Gasteiger partial charge on any atom is 0.104 e. The summed E-state index contributed by atoms with van der Waals surface area (Å²) in [5.74, 6) is 0. The second-order valence-corrected chi connectivity index (χ2v) is 6.17. The standard InChI is InChI=1S/C19H18ClN5/c1-13-2-11-19(18(20)12-13)25-24-17-9-7-16(8-10-17)23-22-15-5-3-14(21)4-6-15/h2-3,5-12,14H,4,21H2,1H3. The molecule has 0 aromatic heterocycles. The van der Waals surface area contributed by atoms with Crippen LogP contribution in [0.4, 0.5) is 17.1 Å². The third-order valence-electron chi connectivity index (χ3n) is 3.62. The van der Waals surface area contributed by atoms with Gasteiger partial charge in [-0.2, -0.15) is 15.3 Å². The Kier molecular flexibility index (Phi) is 5.48. The van der Waals surface area contributed by atoms with Crippen LogP contribution in [0, 0.1) is 6.92 Å². The molecule has 3 rings (SSSR count). The Labute approximate surface area is 151 Å². The first-order valence-corrected chi connectivity index (χ1v) is 8.31. The van der Waals surface area contributed by atoms with Gasteiger partial charge in [0, 0.05) is 6.04 Å². The smallest absolute Gasteiger partial charge is 0.104 e. The van der Waals surface area contributed by atoms with E-state index in [1.54, 1.807) is 0 Å². The molecule has 5 nitrogen and oxygen atoms in total. The van der Waals surface area contributed by atoms with Gasteiger partial charge in [0.15, 0.2) is 0 Å². The van der Waals surface area contributed by atoms with E-state index >= 15 is 0 Å². The number of nitrogens with two attached hydrogens (primary N) is 1. The molecule has 0 radical (unpaired) electrons. The third kappa shape index (κ3) is 4.92. The van der Waals surface area contributed by atoms with Crippen LogP contribution in [-0.4, -0.2) is 6.04 Å². The fourth-order valence-corrected chi connectivity index (χ4v) is 2.48. The lowest BCUT2D eigenvalue weighted by molar-refractivity contribution is 0.813. The summed E-state index contributed by atoms with van der Waals surface area (Å²) in [6, 6.07) is 13.1. The van der Waals surface area contributed by atoms with E-state index in [-0.39, 0.29) is 6.04 Å². The Bertz CT molecular complexity index is 866. The van der Waals surface area contributed by atoms with E-state index in [9.17, 15) is 0 Å². The maximum absolute atomic E-state index is 6.15. The van der Waals surface area contributed by atoms with E-state index < -0.39 is 0 Å². The average Bonchev–Trinajstić information content (AvgIpc) is 2.61. The lowest BCUT2D eigenvalue weighted by atomic mass is 10.1. The number of benzene rings is 2. The largest absolute Gasteiger partial charge is 0.324 e. The highest BCUT2D eigenvalue weighted by Gasteiger charge is 2.02. The zero-order valence-electron chi connectivity index (χ0n) is 13.8. The Hall–Kier alpha value is -2.63. The molecule has 1 aliphatic carbocycles. The van der Waals surface area contributed by atoms with E-state index in [0.29, 0.717) is 10.7 Å². The van der Waals surface area contributed by atoms with E-state index in [2.05, 4.69) is 20.5 Å². The van der Waals surface area contributed by atoms with Gasteiger partial charge in [-0.05, 0) is 61.4 Å². The van der Waals surface area contributed by atoms with Crippen molar-refractivity contribution >= 4 is 28.7 Å². The molecule has 0 saturated carbocycles. The van der Waals surface area contributed by atoms with Gasteiger partial charge in [0.2, 0.25) is 0 Å². The van der Waals surface area contributed by atoms with Gasteiger partial charge in [0.1, 0.15) is 5.69 Å². The highest BCUT2D eigenvalue weighted by molar-refractivity contribution is 6.33. The van der Waals surface area contributed by atoms with E-state index in [1.165, 1.54) is 0 Å². The first-order valence-electron chi connectivity index (χ1n) is 7.94. The Morgan fingerprint density at radius 3 is 2.24 bits per heavy atom. The second-order valence-electron chi connectivity index (χ2n) is 5.76. The van der Waals surface area contributed by atoms with Crippen molar-refractivity contribution in [2.24, 2.45) is 26.2 Å². The normalized spacial score (nSPS) is 17.4. The van der Waals surface area contributed by atoms with Crippen molar-refractivity contribution in [1.82, 2.24) is 0 Å². The van der Waals surface area contributed by atoms with Crippen LogP contribution in [-0.2, 0) is 0 Å². The Balaban J connectivity index is 1.66. The highest BCUT2D eigenvalue weighted by atomic mass is 35.5. The van der Waals surface area contributed by atoms with Crippen LogP contribution in [0.5, 0.6) is 0 Å². The Morgan fingerprint density at radius 2 is 1.64 bits per heavy atom. The number of azo groups is 2. The number of allylic oxidation sites excluding steroid dienone is 1. The minimum atomic E-state index is 0.0747. The molecule has 2 aromatic carbocycles. The summed E-state index contributed by atoms with van der Waals surface area (Å²) in [6.07, 6.45) is 6.56. The molecule has 2 N–H and O–H groups in total. The monoisotopic (exact) mass is 351 g/mol. The van der Waals surface area contributed by atoms with E-state index in [0.717, 1.165) is 29.1 Å². The van der Waals surface area contributed by atoms with Crippen molar-refractivity contribution in [3.05, 3.63) is 77.0 Å². The molecule has 6 heteroatoms. The fraction of sp³-hybridized carbons (Fsp3) is 0.158. The van der Waals surface area contributed by atoms with Crippen LogP contribution >= 0.6 is 11.6 Å². The molecule has 1 atom stereocenters. The molecule has 0 bridgehead atoms. The van der Waals surface area contributed by atoms with Gasteiger partial charge >= 0.3 is 0 Å². The lowest BCUT2D eigenvalue weighted by Crippen LogP contribution is -2.17. The summed E-state index contributed by atoms with van der Waals surface area (Å²) < 4.78 is 0. The van der Waals surface area contributed by atoms with Crippen LogP contribution in [0.3, 0.4) is 0 Å². The molecular formula is C19H18ClN5. The summed E-state index contributed by atoms with van der Waals surface area (Å²) in [5.41, 5.74) is 9.79. The SMILES string of the molecule is Cc1ccc(N=Nc2ccc(N=NC3=CCC(N)C=C3)cc2)c(Cl)c1. The van der Waals surface area contributed by atoms with Crippen molar-refractivity contribution in [2.45, 2.75) is 19.4 Å². The number of aryl methyl sites for hydroxylation is 1. The number of hydrogen-bond acceptors (Lipinski definition) is 5. The summed E-state index contributed by atoms with van der Waals surface area (Å²) in [5, 5.41) is 17.4. The first kappa shape index (κ1) is 17.2. The minimum absolute atomic E-state index is 0.0747. The summed E-state index contributed by atoms with van der Waals surface area (Å²) in [7, 11) is 0. The van der Waals surface area contributed by atoms with E-state index in [1.807, 2.05) is 67.6 Å². The van der Waals surface area contributed by atoms with Crippen LogP contribution < -0.4 is 5.73 Å². The van der Waals surface area contributed by atoms with Gasteiger partial charge in [-0.1, -0.05) is 29.8 Å². The molecule has 0 aliphatic heterocycles. The van der Waals surface area contributed by atoms with Gasteiger partial charge < -0.3 is 5.73 Å². The van der Waals surface area contributed by atoms with Crippen molar-refractivity contribution in [2.75, 3.05) is 0 Å². The number of halogens is 1. The van der Waals surface area contributed by atoms with Crippen molar-refractivity contribution in [1.29, 1.82) is 0 Å². The highest BCUT2D eigenvalue weighted by Crippen LogP contribution is 2.28. The molecule has 0 fully saturated rings.